The molecule has 12 heavy (non-hydrogen) atoms. The predicted molar refractivity (Wildman–Crippen MR) is 49.0 cm³/mol. The van der Waals surface area contributed by atoms with Crippen LogP contribution in [0.1, 0.15) is 32.6 Å². The quantitative estimate of drug-likeness (QED) is 0.687. The van der Waals surface area contributed by atoms with Crippen LogP contribution in [0.2, 0.25) is 0 Å². The summed E-state index contributed by atoms with van der Waals surface area (Å²) in [5.74, 6) is 0.989. The molecule has 0 amide bonds. The van der Waals surface area contributed by atoms with Crippen molar-refractivity contribution in [2.75, 3.05) is 13.1 Å². The Morgan fingerprint density at radius 3 is 3.17 bits per heavy atom. The maximum Gasteiger partial charge on any atom is 0.0664 e. The van der Waals surface area contributed by atoms with E-state index in [1.54, 1.807) is 0 Å². The second-order valence-corrected chi connectivity index (χ2v) is 4.26. The summed E-state index contributed by atoms with van der Waals surface area (Å²) in [5.41, 5.74) is 0. The number of fused-ring (bicyclic) bond motifs is 1. The van der Waals surface area contributed by atoms with Crippen LogP contribution in [0.5, 0.6) is 0 Å². The molecular weight excluding hydrogens is 150 g/mol. The summed E-state index contributed by atoms with van der Waals surface area (Å²) < 4.78 is 0. The number of likely N-dealkylation sites (tertiary alicyclic amines) is 1. The number of piperidine rings is 1. The van der Waals surface area contributed by atoms with Crippen LogP contribution >= 0.6 is 0 Å². The number of rotatable bonds is 3. The van der Waals surface area contributed by atoms with E-state index >= 15 is 0 Å². The zero-order valence-corrected chi connectivity index (χ0v) is 7.87. The van der Waals surface area contributed by atoms with Crippen LogP contribution in [0, 0.1) is 5.92 Å². The highest BCUT2D eigenvalue weighted by molar-refractivity contribution is 4.98. The van der Waals surface area contributed by atoms with Crippen molar-refractivity contribution < 1.29 is 5.11 Å². The molecule has 3 atom stereocenters. The summed E-state index contributed by atoms with van der Waals surface area (Å²) in [5, 5.41) is 9.50. The summed E-state index contributed by atoms with van der Waals surface area (Å²) in [7, 11) is 0. The Hall–Kier alpha value is -0.0800. The maximum atomic E-state index is 9.50. The molecule has 2 fully saturated rings. The lowest BCUT2D eigenvalue weighted by Crippen LogP contribution is -2.37. The van der Waals surface area contributed by atoms with E-state index in [1.807, 2.05) is 0 Å². The Kier molecular flexibility index (Phi) is 2.37. The summed E-state index contributed by atoms with van der Waals surface area (Å²) in [4.78, 5) is 2.49. The van der Waals surface area contributed by atoms with E-state index in [1.165, 1.54) is 25.8 Å². The molecule has 1 saturated carbocycles. The highest BCUT2D eigenvalue weighted by Crippen LogP contribution is 2.42. The summed E-state index contributed by atoms with van der Waals surface area (Å²) in [6, 6.07) is 0.847. The van der Waals surface area contributed by atoms with E-state index < -0.39 is 0 Å². The first-order valence-electron chi connectivity index (χ1n) is 5.23. The van der Waals surface area contributed by atoms with Crippen molar-refractivity contribution in [1.29, 1.82) is 0 Å². The van der Waals surface area contributed by atoms with Crippen molar-refractivity contribution in [1.82, 2.24) is 4.90 Å². The van der Waals surface area contributed by atoms with Crippen molar-refractivity contribution in [3.05, 3.63) is 0 Å². The standard InChI is InChI=1S/C10H19NO/c1-2-9(12)7-11-5-3-4-8-6-10(8)11/h8-10,12H,2-7H2,1H3/t8-,9?,10+/m1/s1. The van der Waals surface area contributed by atoms with Crippen LogP contribution in [0.3, 0.4) is 0 Å². The molecule has 70 valence electrons. The molecule has 1 heterocycles. The van der Waals surface area contributed by atoms with Crippen LogP contribution in [-0.2, 0) is 0 Å². The molecule has 1 aliphatic carbocycles. The Balaban J connectivity index is 1.79. The average molecular weight is 169 g/mol. The van der Waals surface area contributed by atoms with Crippen LogP contribution in [0.4, 0.5) is 0 Å². The highest BCUT2D eigenvalue weighted by atomic mass is 16.3. The van der Waals surface area contributed by atoms with Gasteiger partial charge in [-0.15, -0.1) is 0 Å². The largest absolute Gasteiger partial charge is 0.392 e. The third kappa shape index (κ3) is 1.64. The van der Waals surface area contributed by atoms with E-state index in [-0.39, 0.29) is 6.10 Å². The second-order valence-electron chi connectivity index (χ2n) is 4.26. The summed E-state index contributed by atoms with van der Waals surface area (Å²) >= 11 is 0. The molecule has 1 aliphatic heterocycles. The van der Waals surface area contributed by atoms with Gasteiger partial charge in [0.05, 0.1) is 6.10 Å². The van der Waals surface area contributed by atoms with Gasteiger partial charge in [-0.2, -0.15) is 0 Å². The normalized spacial score (nSPS) is 37.5. The number of β-amino-alcohol motifs (C(OH)–C–C–N with tert-alkyl or cyclic N) is 1. The van der Waals surface area contributed by atoms with E-state index in [0.717, 1.165) is 24.9 Å². The van der Waals surface area contributed by atoms with Gasteiger partial charge in [0.15, 0.2) is 0 Å². The average Bonchev–Trinajstić information content (AvgIpc) is 2.84. The van der Waals surface area contributed by atoms with E-state index in [0.29, 0.717) is 0 Å². The summed E-state index contributed by atoms with van der Waals surface area (Å²) in [6.07, 6.45) is 4.98. The first kappa shape index (κ1) is 8.52. The predicted octanol–water partition coefficient (Wildman–Crippen LogP) is 1.24. The van der Waals surface area contributed by atoms with Gasteiger partial charge in [0, 0.05) is 12.6 Å². The van der Waals surface area contributed by atoms with Gasteiger partial charge in [-0.05, 0) is 38.1 Å². The third-order valence-corrected chi connectivity index (χ3v) is 3.29. The third-order valence-electron chi connectivity index (χ3n) is 3.29. The fourth-order valence-electron chi connectivity index (χ4n) is 2.34. The molecule has 1 N–H and O–H groups in total. The van der Waals surface area contributed by atoms with Crippen molar-refractivity contribution in [3.8, 4) is 0 Å². The van der Waals surface area contributed by atoms with Gasteiger partial charge in [-0.1, -0.05) is 6.92 Å². The fourth-order valence-corrected chi connectivity index (χ4v) is 2.34. The number of nitrogens with zero attached hydrogens (tertiary/aromatic N) is 1. The summed E-state index contributed by atoms with van der Waals surface area (Å²) in [6.45, 7) is 4.19. The van der Waals surface area contributed by atoms with Crippen molar-refractivity contribution in [2.45, 2.75) is 44.8 Å². The van der Waals surface area contributed by atoms with Crippen LogP contribution in [0.25, 0.3) is 0 Å². The molecule has 0 spiro atoms. The minimum atomic E-state index is -0.0932. The van der Waals surface area contributed by atoms with Gasteiger partial charge >= 0.3 is 0 Å². The molecule has 2 heteroatoms. The molecule has 2 rings (SSSR count). The topological polar surface area (TPSA) is 23.5 Å². The molecule has 2 aliphatic rings. The van der Waals surface area contributed by atoms with Gasteiger partial charge in [-0.3, -0.25) is 4.90 Å². The fraction of sp³-hybridized carbons (Fsp3) is 1.00. The molecule has 0 bridgehead atoms. The molecule has 1 unspecified atom stereocenters. The van der Waals surface area contributed by atoms with Gasteiger partial charge in [0.25, 0.3) is 0 Å². The van der Waals surface area contributed by atoms with Crippen LogP contribution < -0.4 is 0 Å². The first-order chi connectivity index (χ1) is 5.81. The second kappa shape index (κ2) is 3.35. The van der Waals surface area contributed by atoms with E-state index in [9.17, 15) is 5.11 Å². The molecule has 0 aromatic carbocycles. The smallest absolute Gasteiger partial charge is 0.0664 e. The number of hydrogen-bond acceptors (Lipinski definition) is 2. The van der Waals surface area contributed by atoms with Gasteiger partial charge in [-0.25, -0.2) is 0 Å². The van der Waals surface area contributed by atoms with Gasteiger partial charge in [0.1, 0.15) is 0 Å². The van der Waals surface area contributed by atoms with Crippen LogP contribution in [-0.4, -0.2) is 35.2 Å². The Morgan fingerprint density at radius 1 is 1.58 bits per heavy atom. The molecule has 1 saturated heterocycles. The van der Waals surface area contributed by atoms with Crippen molar-refractivity contribution in [2.24, 2.45) is 5.92 Å². The monoisotopic (exact) mass is 169 g/mol. The molecule has 2 nitrogen and oxygen atoms in total. The van der Waals surface area contributed by atoms with Crippen LogP contribution in [0.15, 0.2) is 0 Å². The Labute approximate surface area is 74.6 Å². The minimum absolute atomic E-state index is 0.0932. The van der Waals surface area contributed by atoms with Gasteiger partial charge in [0.2, 0.25) is 0 Å². The number of aliphatic hydroxyl groups is 1. The van der Waals surface area contributed by atoms with E-state index in [2.05, 4.69) is 11.8 Å². The number of hydrogen-bond donors (Lipinski definition) is 1. The molecule has 0 aromatic heterocycles. The minimum Gasteiger partial charge on any atom is -0.392 e. The first-order valence-corrected chi connectivity index (χ1v) is 5.23. The molecular formula is C10H19NO. The Morgan fingerprint density at radius 2 is 2.42 bits per heavy atom. The maximum absolute atomic E-state index is 9.50. The SMILES string of the molecule is CCC(O)CN1CCC[C@@H]2C[C@@H]21. The van der Waals surface area contributed by atoms with Crippen molar-refractivity contribution >= 4 is 0 Å². The lowest BCUT2D eigenvalue weighted by Gasteiger charge is -2.28. The van der Waals surface area contributed by atoms with Gasteiger partial charge < -0.3 is 5.11 Å². The number of aliphatic hydroxyl groups excluding tert-OH is 1. The lowest BCUT2D eigenvalue weighted by molar-refractivity contribution is 0.0927. The lowest BCUT2D eigenvalue weighted by atomic mass is 10.1. The zero-order chi connectivity index (χ0) is 8.55. The molecule has 0 radical (unpaired) electrons. The Bertz CT molecular complexity index is 160. The zero-order valence-electron chi connectivity index (χ0n) is 7.87. The molecule has 0 aromatic rings. The highest BCUT2D eigenvalue weighted by Gasteiger charge is 2.43. The van der Waals surface area contributed by atoms with E-state index in [4.69, 9.17) is 0 Å². The van der Waals surface area contributed by atoms with Crippen molar-refractivity contribution in [3.63, 3.8) is 0 Å².